The first-order chi connectivity index (χ1) is 16.7. The average molecular weight is 508 g/mol. The molecule has 0 radical (unpaired) electrons. The molecule has 1 aliphatic rings. The number of hydrogen-bond acceptors (Lipinski definition) is 6. The van der Waals surface area contributed by atoms with Crippen molar-refractivity contribution in [2.24, 2.45) is 0 Å². The molecule has 186 valence electrons. The van der Waals surface area contributed by atoms with E-state index in [1.165, 1.54) is 12.1 Å². The lowest BCUT2D eigenvalue weighted by molar-refractivity contribution is -0.140. The van der Waals surface area contributed by atoms with Gasteiger partial charge < -0.3 is 15.6 Å². The number of nitrogens with zero attached hydrogens (tertiary/aromatic N) is 2. The van der Waals surface area contributed by atoms with Gasteiger partial charge in [-0.3, -0.25) is 4.79 Å². The van der Waals surface area contributed by atoms with Crippen molar-refractivity contribution < 1.29 is 17.6 Å². The van der Waals surface area contributed by atoms with Gasteiger partial charge in [-0.05, 0) is 62.4 Å². The highest BCUT2D eigenvalue weighted by molar-refractivity contribution is 7.07. The number of nitrogens with one attached hydrogen (secondary N) is 3. The van der Waals surface area contributed by atoms with E-state index in [-0.39, 0.29) is 28.9 Å². The summed E-state index contributed by atoms with van der Waals surface area (Å²) in [6.07, 6.45) is 2.42. The summed E-state index contributed by atoms with van der Waals surface area (Å²) in [7, 11) is 0. The molecular weight excluding hydrogens is 482 g/mol. The summed E-state index contributed by atoms with van der Waals surface area (Å²) >= 11 is 1.07. The zero-order valence-electron chi connectivity index (χ0n) is 18.8. The lowest BCUT2D eigenvalue weighted by atomic mass is 9.91. The second-order valence-corrected chi connectivity index (χ2v) is 9.49. The summed E-state index contributed by atoms with van der Waals surface area (Å²) in [5.74, 6) is -0.685. The van der Waals surface area contributed by atoms with Gasteiger partial charge in [0, 0.05) is 18.3 Å². The quantitative estimate of drug-likeness (QED) is 0.428. The van der Waals surface area contributed by atoms with Crippen molar-refractivity contribution in [1.29, 1.82) is 0 Å². The van der Waals surface area contributed by atoms with Crippen LogP contribution in [0.2, 0.25) is 0 Å². The first-order valence-corrected chi connectivity index (χ1v) is 12.1. The summed E-state index contributed by atoms with van der Waals surface area (Å²) in [6.45, 7) is 4.22. The van der Waals surface area contributed by atoms with Crippen LogP contribution < -0.4 is 25.4 Å². The van der Waals surface area contributed by atoms with Crippen molar-refractivity contribution in [1.82, 2.24) is 20.3 Å². The van der Waals surface area contributed by atoms with Crippen LogP contribution >= 0.6 is 11.3 Å². The largest absolute Gasteiger partial charge is 0.419 e. The van der Waals surface area contributed by atoms with E-state index in [9.17, 15) is 22.4 Å². The molecular formula is C24H25F4N5OS. The fourth-order valence-electron chi connectivity index (χ4n) is 4.17. The van der Waals surface area contributed by atoms with Crippen LogP contribution in [0.5, 0.6) is 0 Å². The predicted octanol–water partition coefficient (Wildman–Crippen LogP) is 3.18. The summed E-state index contributed by atoms with van der Waals surface area (Å²) in [4.78, 5) is 22.7. The lowest BCUT2D eigenvalue weighted by Crippen LogP contribution is -2.38. The zero-order chi connectivity index (χ0) is 25.0. The van der Waals surface area contributed by atoms with Crippen LogP contribution in [0.3, 0.4) is 0 Å². The predicted molar refractivity (Wildman–Crippen MR) is 128 cm³/mol. The van der Waals surface area contributed by atoms with E-state index >= 15 is 0 Å². The van der Waals surface area contributed by atoms with E-state index in [1.807, 2.05) is 0 Å². The Morgan fingerprint density at radius 2 is 1.91 bits per heavy atom. The number of benzene rings is 1. The minimum absolute atomic E-state index is 0.0643. The summed E-state index contributed by atoms with van der Waals surface area (Å²) in [6, 6.07) is 5.56. The van der Waals surface area contributed by atoms with Crippen molar-refractivity contribution in [3.05, 3.63) is 72.6 Å². The molecule has 3 aromatic rings. The van der Waals surface area contributed by atoms with Crippen LogP contribution in [0.15, 0.2) is 35.3 Å². The average Bonchev–Trinajstić information content (AvgIpc) is 3.12. The Labute approximate surface area is 202 Å². The highest BCUT2D eigenvalue weighted by Crippen LogP contribution is 2.32. The minimum Gasteiger partial charge on any atom is -0.351 e. The first-order valence-electron chi connectivity index (χ1n) is 11.3. The summed E-state index contributed by atoms with van der Waals surface area (Å²) < 4.78 is 53.5. The molecule has 0 bridgehead atoms. The molecule has 2 aromatic heterocycles. The number of hydrogen-bond donors (Lipinski definition) is 3. The fraction of sp³-hybridized carbons (Fsp3) is 0.375. The number of rotatable bonds is 7. The van der Waals surface area contributed by atoms with Gasteiger partial charge in [0.25, 0.3) is 0 Å². The highest BCUT2D eigenvalue weighted by Gasteiger charge is 2.34. The topological polar surface area (TPSA) is 82.7 Å². The number of H-pyrrole nitrogens is 1. The van der Waals surface area contributed by atoms with Gasteiger partial charge in [0.1, 0.15) is 5.82 Å². The van der Waals surface area contributed by atoms with Crippen molar-refractivity contribution in [2.45, 2.75) is 50.4 Å². The smallest absolute Gasteiger partial charge is 0.351 e. The molecule has 3 N–H and O–H groups in total. The van der Waals surface area contributed by atoms with Crippen LogP contribution in [-0.4, -0.2) is 33.6 Å². The number of halogens is 4. The number of thiazole rings is 1. The van der Waals surface area contributed by atoms with Crippen LogP contribution in [0.25, 0.3) is 12.7 Å². The van der Waals surface area contributed by atoms with Crippen molar-refractivity contribution in [3.63, 3.8) is 0 Å². The molecule has 35 heavy (non-hydrogen) atoms. The normalized spacial score (nSPS) is 19.1. The maximum absolute atomic E-state index is 14.2. The van der Waals surface area contributed by atoms with Gasteiger partial charge in [0.15, 0.2) is 0 Å². The number of alkyl halides is 3. The van der Waals surface area contributed by atoms with E-state index in [2.05, 4.69) is 32.2 Å². The SMILES string of the molecule is C=c1[nH]c(=O)s/c1=C\c1ccnc(NC2CCC(NCCc3cccc(C(F)(F)F)c3F)CC2)n1. The lowest BCUT2D eigenvalue weighted by Gasteiger charge is -2.30. The van der Waals surface area contributed by atoms with E-state index in [0.29, 0.717) is 23.5 Å². The second kappa shape index (κ2) is 10.7. The molecule has 0 atom stereocenters. The van der Waals surface area contributed by atoms with Crippen molar-refractivity contribution >= 4 is 29.9 Å². The molecule has 1 aliphatic carbocycles. The third-order valence-electron chi connectivity index (χ3n) is 5.98. The standard InChI is InChI=1S/C24H25F4N5OS/c1-14-20(35-23(34)31-14)13-18-10-12-30-22(33-18)32-17-7-5-16(6-8-17)29-11-9-15-3-2-4-19(21(15)25)24(26,27)28/h2-4,10,12-13,16-17,29H,1,5-9,11H2,(H,31,34)(H,30,32,33)/b20-13-. The molecule has 6 nitrogen and oxygen atoms in total. The van der Waals surface area contributed by atoms with E-state index in [1.54, 1.807) is 18.3 Å². The third kappa shape index (κ3) is 6.55. The Morgan fingerprint density at radius 3 is 2.60 bits per heavy atom. The van der Waals surface area contributed by atoms with Gasteiger partial charge in [-0.1, -0.05) is 30.0 Å². The molecule has 0 aliphatic heterocycles. The highest BCUT2D eigenvalue weighted by atomic mass is 32.1. The summed E-state index contributed by atoms with van der Waals surface area (Å²) in [5, 5.41) is 7.24. The van der Waals surface area contributed by atoms with E-state index in [0.717, 1.165) is 47.6 Å². The van der Waals surface area contributed by atoms with Crippen LogP contribution in [0, 0.1) is 5.82 Å². The monoisotopic (exact) mass is 507 g/mol. The van der Waals surface area contributed by atoms with Crippen molar-refractivity contribution in [2.75, 3.05) is 11.9 Å². The second-order valence-electron chi connectivity index (χ2n) is 8.48. The molecule has 0 spiro atoms. The third-order valence-corrected chi connectivity index (χ3v) is 6.85. The zero-order valence-corrected chi connectivity index (χ0v) is 19.6. The molecule has 1 fully saturated rings. The van der Waals surface area contributed by atoms with Gasteiger partial charge in [-0.25, -0.2) is 14.4 Å². The van der Waals surface area contributed by atoms with Gasteiger partial charge in [0.05, 0.1) is 21.1 Å². The van der Waals surface area contributed by atoms with Crippen LogP contribution in [0.1, 0.15) is 42.5 Å². The fourth-order valence-corrected chi connectivity index (χ4v) is 4.90. The maximum Gasteiger partial charge on any atom is 0.419 e. The molecule has 1 aromatic carbocycles. The van der Waals surface area contributed by atoms with Gasteiger partial charge in [-0.15, -0.1) is 0 Å². The van der Waals surface area contributed by atoms with Gasteiger partial charge >= 0.3 is 11.0 Å². The number of aromatic amines is 1. The Balaban J connectivity index is 1.26. The van der Waals surface area contributed by atoms with E-state index in [4.69, 9.17) is 0 Å². The van der Waals surface area contributed by atoms with Crippen LogP contribution in [0.4, 0.5) is 23.5 Å². The molecule has 0 saturated heterocycles. The first kappa shape index (κ1) is 25.1. The number of anilines is 1. The molecule has 1 saturated carbocycles. The van der Waals surface area contributed by atoms with Gasteiger partial charge in [0.2, 0.25) is 5.95 Å². The minimum atomic E-state index is -4.70. The molecule has 2 heterocycles. The van der Waals surface area contributed by atoms with Crippen LogP contribution in [-0.2, 0) is 12.6 Å². The Morgan fingerprint density at radius 1 is 1.17 bits per heavy atom. The maximum atomic E-state index is 14.2. The molecule has 4 rings (SSSR count). The Hall–Kier alpha value is -3.05. The molecule has 0 unspecified atom stereocenters. The van der Waals surface area contributed by atoms with Crippen molar-refractivity contribution in [3.8, 4) is 0 Å². The Kier molecular flexibility index (Phi) is 7.66. The van der Waals surface area contributed by atoms with Gasteiger partial charge in [-0.2, -0.15) is 13.2 Å². The molecule has 0 amide bonds. The number of aromatic nitrogens is 3. The molecule has 11 heteroatoms. The summed E-state index contributed by atoms with van der Waals surface area (Å²) in [5.41, 5.74) is -0.490. The Bertz CT molecular complexity index is 1330. The van der Waals surface area contributed by atoms with E-state index < -0.39 is 17.6 Å².